The SMILES string of the molecule is CCCCCCCCCCCCCCCCCCCCC(=O)O[C@H](COC(=O)CCCCCCCCCCCCCCCCCCC)COP(=O)(O)OC[C@@H](O)COP(=O)(O)OC[C@@H](COC(=O)CCCCCCCCCC)OC(=O)CCCCCCCCCCCCCCCC(C)C. The molecule has 5 atom stereocenters. The Balaban J connectivity index is 5.20. The molecule has 0 aliphatic carbocycles. The van der Waals surface area contributed by atoms with Gasteiger partial charge in [0.15, 0.2) is 12.2 Å². The summed E-state index contributed by atoms with van der Waals surface area (Å²) in [4.78, 5) is 72.9. The first-order valence-corrected chi connectivity index (χ1v) is 44.6. The minimum atomic E-state index is -4.96. The van der Waals surface area contributed by atoms with Crippen molar-refractivity contribution >= 4 is 39.5 Å². The van der Waals surface area contributed by atoms with E-state index in [1.54, 1.807) is 0 Å². The van der Waals surface area contributed by atoms with Crippen molar-refractivity contribution in [2.45, 2.75) is 445 Å². The molecule has 0 saturated heterocycles. The van der Waals surface area contributed by atoms with E-state index < -0.39 is 97.5 Å². The molecule has 0 amide bonds. The summed E-state index contributed by atoms with van der Waals surface area (Å²) in [5.74, 6) is -1.32. The van der Waals surface area contributed by atoms with Crippen LogP contribution in [0.1, 0.15) is 426 Å². The molecule has 0 rings (SSSR count). The smallest absolute Gasteiger partial charge is 0.462 e. The molecule has 0 aliphatic heterocycles. The Kier molecular flexibility index (Phi) is 71.6. The van der Waals surface area contributed by atoms with Gasteiger partial charge in [0.05, 0.1) is 26.4 Å². The van der Waals surface area contributed by atoms with Gasteiger partial charge in [-0.15, -0.1) is 0 Å². The number of hydrogen-bond donors (Lipinski definition) is 3. The average Bonchev–Trinajstić information content (AvgIpc) is 1.33. The summed E-state index contributed by atoms with van der Waals surface area (Å²) in [7, 11) is -9.91. The zero-order valence-electron chi connectivity index (χ0n) is 64.6. The van der Waals surface area contributed by atoms with E-state index in [2.05, 4.69) is 34.6 Å². The van der Waals surface area contributed by atoms with Crippen LogP contribution in [0.25, 0.3) is 0 Å². The van der Waals surface area contributed by atoms with Crippen LogP contribution in [0.15, 0.2) is 0 Å². The Morgan fingerprint density at radius 3 is 0.687 bits per heavy atom. The molecule has 0 heterocycles. The average molecular weight is 1450 g/mol. The summed E-state index contributed by atoms with van der Waals surface area (Å²) in [5, 5.41) is 10.6. The van der Waals surface area contributed by atoms with Crippen molar-refractivity contribution in [3.05, 3.63) is 0 Å². The topological polar surface area (TPSA) is 237 Å². The van der Waals surface area contributed by atoms with Gasteiger partial charge in [-0.1, -0.05) is 375 Å². The molecular weight excluding hydrogens is 1290 g/mol. The van der Waals surface area contributed by atoms with Crippen molar-refractivity contribution in [2.24, 2.45) is 5.92 Å². The summed E-state index contributed by atoms with van der Waals surface area (Å²) in [6.07, 6.45) is 63.9. The van der Waals surface area contributed by atoms with Gasteiger partial charge in [-0.25, -0.2) is 9.13 Å². The predicted molar refractivity (Wildman–Crippen MR) is 405 cm³/mol. The number of phosphoric acid groups is 2. The molecule has 0 radical (unpaired) electrons. The van der Waals surface area contributed by atoms with Crippen molar-refractivity contribution in [1.29, 1.82) is 0 Å². The first-order valence-electron chi connectivity index (χ1n) is 41.6. The maximum absolute atomic E-state index is 13.1. The fourth-order valence-electron chi connectivity index (χ4n) is 12.4. The minimum Gasteiger partial charge on any atom is -0.462 e. The number of carbonyl (C=O) groups is 4. The zero-order chi connectivity index (χ0) is 72.7. The number of aliphatic hydroxyl groups excluding tert-OH is 1. The van der Waals surface area contributed by atoms with Crippen molar-refractivity contribution < 1.29 is 80.2 Å². The molecule has 0 spiro atoms. The van der Waals surface area contributed by atoms with Crippen molar-refractivity contribution in [2.75, 3.05) is 39.6 Å². The normalized spacial score (nSPS) is 13.9. The molecule has 2 unspecified atom stereocenters. The van der Waals surface area contributed by atoms with Crippen LogP contribution in [0.3, 0.4) is 0 Å². The largest absolute Gasteiger partial charge is 0.472 e. The monoisotopic (exact) mass is 1450 g/mol. The van der Waals surface area contributed by atoms with Crippen LogP contribution in [0.5, 0.6) is 0 Å². The summed E-state index contributed by atoms with van der Waals surface area (Å²) in [6.45, 7) is 7.32. The van der Waals surface area contributed by atoms with E-state index in [1.165, 1.54) is 244 Å². The van der Waals surface area contributed by atoms with Gasteiger partial charge in [-0.05, 0) is 31.6 Å². The number of unbranched alkanes of at least 4 members (excludes halogenated alkanes) is 52. The third kappa shape index (κ3) is 74.1. The molecular formula is C80H156O17P2. The highest BCUT2D eigenvalue weighted by Gasteiger charge is 2.30. The Hall–Kier alpha value is -1.94. The minimum absolute atomic E-state index is 0.107. The number of aliphatic hydroxyl groups is 1. The van der Waals surface area contributed by atoms with Gasteiger partial charge in [0.25, 0.3) is 0 Å². The molecule has 0 saturated carbocycles. The highest BCUT2D eigenvalue weighted by Crippen LogP contribution is 2.45. The lowest BCUT2D eigenvalue weighted by atomic mass is 10.0. The van der Waals surface area contributed by atoms with Crippen LogP contribution in [0.4, 0.5) is 0 Å². The second-order valence-corrected chi connectivity index (χ2v) is 32.2. The number of carbonyl (C=O) groups excluding carboxylic acids is 4. The van der Waals surface area contributed by atoms with Crippen molar-refractivity contribution in [3.8, 4) is 0 Å². The summed E-state index contributed by atoms with van der Waals surface area (Å²) in [5.41, 5.74) is 0. The molecule has 0 aromatic heterocycles. The summed E-state index contributed by atoms with van der Waals surface area (Å²) in [6, 6.07) is 0. The number of rotatable bonds is 80. The Morgan fingerprint density at radius 1 is 0.273 bits per heavy atom. The zero-order valence-corrected chi connectivity index (χ0v) is 66.4. The number of esters is 4. The van der Waals surface area contributed by atoms with Crippen LogP contribution in [-0.2, 0) is 65.4 Å². The van der Waals surface area contributed by atoms with Gasteiger partial charge in [-0.2, -0.15) is 0 Å². The molecule has 0 aromatic carbocycles. The van der Waals surface area contributed by atoms with Gasteiger partial charge in [-0.3, -0.25) is 37.3 Å². The van der Waals surface area contributed by atoms with Crippen LogP contribution >= 0.6 is 15.6 Å². The predicted octanol–water partition coefficient (Wildman–Crippen LogP) is 24.0. The third-order valence-electron chi connectivity index (χ3n) is 18.8. The van der Waals surface area contributed by atoms with Gasteiger partial charge < -0.3 is 33.8 Å². The second kappa shape index (κ2) is 73.0. The molecule has 0 aliphatic rings. The van der Waals surface area contributed by atoms with Gasteiger partial charge in [0, 0.05) is 25.7 Å². The lowest BCUT2D eigenvalue weighted by Gasteiger charge is -2.21. The molecule has 0 fully saturated rings. The lowest BCUT2D eigenvalue weighted by molar-refractivity contribution is -0.161. The van der Waals surface area contributed by atoms with E-state index in [9.17, 15) is 43.2 Å². The first kappa shape index (κ1) is 97.1. The van der Waals surface area contributed by atoms with Gasteiger partial charge in [0.1, 0.15) is 19.3 Å². The Morgan fingerprint density at radius 2 is 0.465 bits per heavy atom. The molecule has 0 aromatic rings. The standard InChI is InChI=1S/C80H156O17P2/c1-6-9-12-15-18-21-23-25-27-29-31-33-37-41-45-50-55-60-65-80(85)97-76(70-91-78(83)64-59-54-49-44-40-36-32-30-28-26-24-22-19-16-13-10-7-2)72-95-99(88,89)93-68-74(81)67-92-98(86,87)94-71-75(69-90-77(82)63-58-53-48-20-17-14-11-8-3)96-79(84)66-61-56-51-46-42-38-34-35-39-43-47-52-57-62-73(4)5/h73-76,81H,6-72H2,1-5H3,(H,86,87)(H,88,89)/t74-,75+,76+/m0/s1. The number of phosphoric ester groups is 2. The van der Waals surface area contributed by atoms with E-state index in [0.717, 1.165) is 102 Å². The Labute approximate surface area is 607 Å². The summed E-state index contributed by atoms with van der Waals surface area (Å²) >= 11 is 0. The highest BCUT2D eigenvalue weighted by atomic mass is 31.2. The fraction of sp³-hybridized carbons (Fsp3) is 0.950. The van der Waals surface area contributed by atoms with E-state index in [-0.39, 0.29) is 25.7 Å². The summed E-state index contributed by atoms with van der Waals surface area (Å²) < 4.78 is 68.6. The second-order valence-electron chi connectivity index (χ2n) is 29.3. The van der Waals surface area contributed by atoms with Crippen LogP contribution < -0.4 is 0 Å². The van der Waals surface area contributed by atoms with Gasteiger partial charge in [0.2, 0.25) is 0 Å². The Bertz CT molecular complexity index is 1890. The highest BCUT2D eigenvalue weighted by molar-refractivity contribution is 7.47. The molecule has 0 bridgehead atoms. The lowest BCUT2D eigenvalue weighted by Crippen LogP contribution is -2.30. The maximum Gasteiger partial charge on any atom is 0.472 e. The quantitative estimate of drug-likeness (QED) is 0.0222. The van der Waals surface area contributed by atoms with E-state index in [4.69, 9.17) is 37.0 Å². The van der Waals surface area contributed by atoms with Gasteiger partial charge >= 0.3 is 39.5 Å². The molecule has 17 nitrogen and oxygen atoms in total. The molecule has 19 heteroatoms. The van der Waals surface area contributed by atoms with Crippen molar-refractivity contribution in [3.63, 3.8) is 0 Å². The number of ether oxygens (including phenoxy) is 4. The van der Waals surface area contributed by atoms with Crippen LogP contribution in [0, 0.1) is 5.92 Å². The van der Waals surface area contributed by atoms with Crippen molar-refractivity contribution in [1.82, 2.24) is 0 Å². The first-order chi connectivity index (χ1) is 48.0. The molecule has 588 valence electrons. The molecule has 3 N–H and O–H groups in total. The molecule has 99 heavy (non-hydrogen) atoms. The fourth-order valence-corrected chi connectivity index (χ4v) is 14.0. The van der Waals surface area contributed by atoms with E-state index in [1.807, 2.05) is 0 Å². The van der Waals surface area contributed by atoms with Crippen LogP contribution in [-0.4, -0.2) is 96.7 Å². The maximum atomic E-state index is 13.1. The third-order valence-corrected chi connectivity index (χ3v) is 20.7. The van der Waals surface area contributed by atoms with E-state index in [0.29, 0.717) is 25.7 Å². The number of hydrogen-bond acceptors (Lipinski definition) is 15. The van der Waals surface area contributed by atoms with E-state index >= 15 is 0 Å². The van der Waals surface area contributed by atoms with Crippen LogP contribution in [0.2, 0.25) is 0 Å².